The van der Waals surface area contributed by atoms with Crippen LogP contribution in [0.4, 0.5) is 0 Å². The van der Waals surface area contributed by atoms with Gasteiger partial charge in [-0.05, 0) is 30.3 Å². The van der Waals surface area contributed by atoms with Crippen molar-refractivity contribution >= 4 is 12.1 Å². The van der Waals surface area contributed by atoms with E-state index >= 15 is 0 Å². The van der Waals surface area contributed by atoms with Gasteiger partial charge in [-0.3, -0.25) is 9.89 Å². The Bertz CT molecular complexity index is 863. The molecule has 1 aromatic carbocycles. The summed E-state index contributed by atoms with van der Waals surface area (Å²) in [5.41, 5.74) is 4.78. The molecule has 0 aliphatic carbocycles. The molecule has 0 saturated carbocycles. The molecular weight excluding hydrogens is 294 g/mol. The zero-order valence-corrected chi connectivity index (χ0v) is 12.4. The Balaban J connectivity index is 1.69. The molecule has 0 saturated heterocycles. The monoisotopic (exact) mass is 309 g/mol. The average Bonchev–Trinajstić information content (AvgIpc) is 3.17. The van der Waals surface area contributed by atoms with Crippen molar-refractivity contribution in [2.45, 2.75) is 0 Å². The molecule has 7 heteroatoms. The van der Waals surface area contributed by atoms with E-state index in [2.05, 4.69) is 20.7 Å². The lowest BCUT2D eigenvalue weighted by Crippen LogP contribution is -2.18. The van der Waals surface area contributed by atoms with Gasteiger partial charge in [-0.1, -0.05) is 12.1 Å². The summed E-state index contributed by atoms with van der Waals surface area (Å²) >= 11 is 0. The van der Waals surface area contributed by atoms with E-state index in [0.29, 0.717) is 17.0 Å². The van der Waals surface area contributed by atoms with E-state index < -0.39 is 5.91 Å². The number of hydrazone groups is 1. The Morgan fingerprint density at radius 1 is 1.35 bits per heavy atom. The van der Waals surface area contributed by atoms with Crippen molar-refractivity contribution in [3.8, 4) is 17.1 Å². The first kappa shape index (κ1) is 14.6. The molecule has 23 heavy (non-hydrogen) atoms. The van der Waals surface area contributed by atoms with Gasteiger partial charge in [0.2, 0.25) is 0 Å². The van der Waals surface area contributed by atoms with Crippen LogP contribution in [0.15, 0.2) is 53.8 Å². The number of carbonyl (C=O) groups excluding carboxylic acids is 1. The Kier molecular flexibility index (Phi) is 3.92. The summed E-state index contributed by atoms with van der Waals surface area (Å²) in [4.78, 5) is 12.0. The summed E-state index contributed by atoms with van der Waals surface area (Å²) in [7, 11) is 1.90. The molecule has 116 valence electrons. The van der Waals surface area contributed by atoms with E-state index in [1.54, 1.807) is 30.3 Å². The number of amides is 1. The number of hydrogen-bond donors (Lipinski definition) is 3. The van der Waals surface area contributed by atoms with Gasteiger partial charge in [0.25, 0.3) is 5.91 Å². The van der Waals surface area contributed by atoms with Gasteiger partial charge in [0.05, 0.1) is 11.9 Å². The van der Waals surface area contributed by atoms with E-state index in [0.717, 1.165) is 5.69 Å². The largest absolute Gasteiger partial charge is 0.507 e. The first-order chi connectivity index (χ1) is 11.1. The quantitative estimate of drug-likeness (QED) is 0.507. The van der Waals surface area contributed by atoms with Gasteiger partial charge in [-0.15, -0.1) is 0 Å². The van der Waals surface area contributed by atoms with Crippen molar-refractivity contribution in [3.63, 3.8) is 0 Å². The summed E-state index contributed by atoms with van der Waals surface area (Å²) in [6, 6.07) is 12.2. The van der Waals surface area contributed by atoms with E-state index in [-0.39, 0.29) is 5.75 Å². The second kappa shape index (κ2) is 6.18. The number of nitrogens with zero attached hydrogens (tertiary/aromatic N) is 3. The van der Waals surface area contributed by atoms with Crippen LogP contribution in [-0.4, -0.2) is 32.0 Å². The number of aromatic amines is 1. The zero-order chi connectivity index (χ0) is 16.2. The highest BCUT2D eigenvalue weighted by atomic mass is 16.3. The summed E-state index contributed by atoms with van der Waals surface area (Å²) in [6.07, 6.45) is 3.28. The summed E-state index contributed by atoms with van der Waals surface area (Å²) in [6.45, 7) is 0. The smallest absolute Gasteiger partial charge is 0.289 e. The summed E-state index contributed by atoms with van der Waals surface area (Å²) in [5.74, 6) is -0.317. The SMILES string of the molecule is Cn1cccc1-c1cc(C(=O)NN=Cc2ccccc2O)[nH]n1. The van der Waals surface area contributed by atoms with Crippen LogP contribution in [0, 0.1) is 0 Å². The molecule has 3 rings (SSSR count). The number of phenols is 1. The summed E-state index contributed by atoms with van der Waals surface area (Å²) < 4.78 is 1.91. The van der Waals surface area contributed by atoms with E-state index in [9.17, 15) is 9.90 Å². The van der Waals surface area contributed by atoms with Crippen molar-refractivity contribution in [1.29, 1.82) is 0 Å². The number of nitrogens with one attached hydrogen (secondary N) is 2. The van der Waals surface area contributed by atoms with Gasteiger partial charge in [-0.2, -0.15) is 10.2 Å². The molecule has 0 radical (unpaired) electrons. The number of rotatable bonds is 4. The fourth-order valence-electron chi connectivity index (χ4n) is 2.11. The lowest BCUT2D eigenvalue weighted by atomic mass is 10.2. The van der Waals surface area contributed by atoms with E-state index in [1.807, 2.05) is 29.9 Å². The molecule has 0 spiro atoms. The van der Waals surface area contributed by atoms with Crippen LogP contribution in [0.2, 0.25) is 0 Å². The van der Waals surface area contributed by atoms with Crippen LogP contribution >= 0.6 is 0 Å². The van der Waals surface area contributed by atoms with Crippen molar-refractivity contribution in [2.75, 3.05) is 0 Å². The predicted molar refractivity (Wildman–Crippen MR) is 86.2 cm³/mol. The van der Waals surface area contributed by atoms with Crippen LogP contribution in [0.1, 0.15) is 16.1 Å². The normalized spacial score (nSPS) is 11.0. The maximum Gasteiger partial charge on any atom is 0.289 e. The fraction of sp³-hybridized carbons (Fsp3) is 0.0625. The highest BCUT2D eigenvalue weighted by Gasteiger charge is 2.11. The molecule has 0 unspecified atom stereocenters. The molecule has 7 nitrogen and oxygen atoms in total. The van der Waals surface area contributed by atoms with Crippen LogP contribution in [0.3, 0.4) is 0 Å². The third kappa shape index (κ3) is 3.13. The Labute approximate surface area is 132 Å². The van der Waals surface area contributed by atoms with Gasteiger partial charge in [0.15, 0.2) is 0 Å². The molecule has 0 aliphatic heterocycles. The second-order valence-corrected chi connectivity index (χ2v) is 4.93. The standard InChI is InChI=1S/C16H15N5O2/c1-21-8-4-6-14(21)12-9-13(19-18-12)16(23)20-17-10-11-5-2-3-7-15(11)22/h2-10,22H,1H3,(H,18,19)(H,20,23). The Hall–Kier alpha value is -3.35. The predicted octanol–water partition coefficient (Wildman–Crippen LogP) is 1.88. The first-order valence-corrected chi connectivity index (χ1v) is 6.93. The van der Waals surface area contributed by atoms with Crippen molar-refractivity contribution in [2.24, 2.45) is 12.1 Å². The molecule has 0 aliphatic rings. The van der Waals surface area contributed by atoms with Gasteiger partial charge in [0.1, 0.15) is 17.1 Å². The highest BCUT2D eigenvalue weighted by Crippen LogP contribution is 2.17. The van der Waals surface area contributed by atoms with Crippen molar-refractivity contribution in [1.82, 2.24) is 20.2 Å². The number of aryl methyl sites for hydroxylation is 1. The third-order valence-electron chi connectivity index (χ3n) is 3.34. The topological polar surface area (TPSA) is 95.3 Å². The first-order valence-electron chi connectivity index (χ1n) is 6.93. The Morgan fingerprint density at radius 3 is 2.91 bits per heavy atom. The highest BCUT2D eigenvalue weighted by molar-refractivity contribution is 5.94. The number of benzene rings is 1. The number of aromatic nitrogens is 3. The van der Waals surface area contributed by atoms with Crippen LogP contribution in [0.5, 0.6) is 5.75 Å². The zero-order valence-electron chi connectivity index (χ0n) is 12.4. The van der Waals surface area contributed by atoms with E-state index in [4.69, 9.17) is 0 Å². The molecule has 2 aromatic heterocycles. The van der Waals surface area contributed by atoms with Gasteiger partial charge in [-0.25, -0.2) is 5.43 Å². The van der Waals surface area contributed by atoms with Crippen molar-refractivity contribution in [3.05, 3.63) is 59.9 Å². The van der Waals surface area contributed by atoms with Gasteiger partial charge < -0.3 is 9.67 Å². The maximum atomic E-state index is 12.0. The maximum absolute atomic E-state index is 12.0. The lowest BCUT2D eigenvalue weighted by Gasteiger charge is -1.98. The van der Waals surface area contributed by atoms with Crippen molar-refractivity contribution < 1.29 is 9.90 Å². The minimum atomic E-state index is -0.412. The molecule has 3 aromatic rings. The molecule has 0 bridgehead atoms. The number of para-hydroxylation sites is 1. The molecular formula is C16H15N5O2. The summed E-state index contributed by atoms with van der Waals surface area (Å²) in [5, 5.41) is 20.2. The number of H-pyrrole nitrogens is 1. The fourth-order valence-corrected chi connectivity index (χ4v) is 2.11. The van der Waals surface area contributed by atoms with Crippen LogP contribution in [-0.2, 0) is 7.05 Å². The minimum Gasteiger partial charge on any atom is -0.507 e. The number of carbonyl (C=O) groups is 1. The molecule has 0 atom stereocenters. The number of aromatic hydroxyl groups is 1. The molecule has 1 amide bonds. The molecule has 0 fully saturated rings. The molecule has 2 heterocycles. The average molecular weight is 309 g/mol. The Morgan fingerprint density at radius 2 is 2.17 bits per heavy atom. The molecule has 3 N–H and O–H groups in total. The van der Waals surface area contributed by atoms with Gasteiger partial charge in [0, 0.05) is 18.8 Å². The lowest BCUT2D eigenvalue weighted by molar-refractivity contribution is 0.0950. The third-order valence-corrected chi connectivity index (χ3v) is 3.34. The minimum absolute atomic E-state index is 0.0954. The van der Waals surface area contributed by atoms with Crippen LogP contribution in [0.25, 0.3) is 11.4 Å². The number of hydrogen-bond acceptors (Lipinski definition) is 4. The van der Waals surface area contributed by atoms with Crippen LogP contribution < -0.4 is 5.43 Å². The van der Waals surface area contributed by atoms with Gasteiger partial charge >= 0.3 is 0 Å². The number of phenolic OH excluding ortho intramolecular Hbond substituents is 1. The van der Waals surface area contributed by atoms with E-state index in [1.165, 1.54) is 6.21 Å². The second-order valence-electron chi connectivity index (χ2n) is 4.93.